The topological polar surface area (TPSA) is 268 Å². The molecule has 2 atom stereocenters. The van der Waals surface area contributed by atoms with Crippen molar-refractivity contribution >= 4 is 39.7 Å². The number of nitrogens with two attached hydrogens (primary N) is 1. The van der Waals surface area contributed by atoms with Crippen molar-refractivity contribution in [2.45, 2.75) is 25.0 Å². The molecule has 0 bridgehead atoms. The molecule has 2 amide bonds. The molecule has 3 aromatic heterocycles. The lowest BCUT2D eigenvalue weighted by molar-refractivity contribution is -0.140. The second-order valence-electron chi connectivity index (χ2n) is 10.4. The van der Waals surface area contributed by atoms with E-state index in [4.69, 9.17) is 20.7 Å². The van der Waals surface area contributed by atoms with Crippen LogP contribution in [0.15, 0.2) is 48.3 Å². The van der Waals surface area contributed by atoms with Gasteiger partial charge in [0, 0.05) is 50.4 Å². The number of hydrogen-bond donors (Lipinski definition) is 5. The summed E-state index contributed by atoms with van der Waals surface area (Å²) in [6, 6.07) is 2.83. The fraction of sp³-hybridized carbons (Fsp3) is 0.407. The van der Waals surface area contributed by atoms with Crippen molar-refractivity contribution < 1.29 is 23.5 Å². The molecule has 46 heavy (non-hydrogen) atoms. The Labute approximate surface area is 258 Å². The summed E-state index contributed by atoms with van der Waals surface area (Å²) in [5.74, 6) is -1.54. The van der Waals surface area contributed by atoms with Gasteiger partial charge in [-0.3, -0.25) is 23.9 Å². The van der Waals surface area contributed by atoms with Gasteiger partial charge in [-0.05, 0) is 29.6 Å². The normalized spacial score (nSPS) is 16.1. The number of nitrogens with zero attached hydrogens (tertiary/aromatic N) is 6. The van der Waals surface area contributed by atoms with Crippen LogP contribution in [0, 0.1) is 0 Å². The number of rotatable bonds is 13. The Balaban J connectivity index is 1.08. The summed E-state index contributed by atoms with van der Waals surface area (Å²) in [7, 11) is 1.43. The Bertz CT molecular complexity index is 1990. The number of amides is 2. The number of nitrogen functional groups attached to an aromatic ring is 1. The van der Waals surface area contributed by atoms with Crippen molar-refractivity contribution in [3.63, 3.8) is 0 Å². The van der Waals surface area contributed by atoms with Crippen molar-refractivity contribution in [3.05, 3.63) is 71.7 Å². The second-order valence-corrected chi connectivity index (χ2v) is 10.4. The van der Waals surface area contributed by atoms with Gasteiger partial charge >= 0.3 is 11.4 Å². The smallest absolute Gasteiger partial charge is 0.422 e. The van der Waals surface area contributed by atoms with Gasteiger partial charge in [0.1, 0.15) is 17.4 Å². The number of H-pyrrole nitrogens is 2. The number of aromatic amines is 2. The molecule has 4 aromatic rings. The van der Waals surface area contributed by atoms with Gasteiger partial charge in [0.2, 0.25) is 11.9 Å². The largest absolute Gasteiger partial charge is 0.484 e. The highest BCUT2D eigenvalue weighted by atomic mass is 16.5. The zero-order valence-corrected chi connectivity index (χ0v) is 24.6. The highest BCUT2D eigenvalue weighted by molar-refractivity contribution is 5.89. The minimum absolute atomic E-state index is 0.0303. The quantitative estimate of drug-likeness (QED) is 0.0525. The van der Waals surface area contributed by atoms with E-state index in [0.717, 1.165) is 10.1 Å². The molecule has 5 rings (SSSR count). The molecular formula is C27H31N11O8. The summed E-state index contributed by atoms with van der Waals surface area (Å²) in [4.78, 5) is 75.6. The number of anilines is 1. The molecule has 0 saturated carbocycles. The number of carbonyl (C=O) groups is 2. The standard InChI is InChI=1S/C27H31N11O8/c1-37-18-9-16(2-3-17(18)25(42)46-27(37)43)45-13-20(39)38-12-15(35-36-29)8-19(38)23(40)31-5-7-44-6-4-30-10-14-11-32-22-21(14)24(41)34-26(28)33-22/h2-3,9,11,15,19,30H,4-8,10,12-13H2,1H3,(H,31,40)(H4,28,32,33,34,41)/t15?,19-/m0/s1. The average molecular weight is 638 g/mol. The Hall–Kier alpha value is -5.65. The van der Waals surface area contributed by atoms with E-state index >= 15 is 0 Å². The van der Waals surface area contributed by atoms with Gasteiger partial charge in [-0.15, -0.1) is 0 Å². The molecule has 0 aliphatic carbocycles. The van der Waals surface area contributed by atoms with E-state index < -0.39 is 41.9 Å². The number of aromatic nitrogens is 4. The first kappa shape index (κ1) is 31.8. The van der Waals surface area contributed by atoms with Gasteiger partial charge in [0.25, 0.3) is 11.5 Å². The summed E-state index contributed by atoms with van der Waals surface area (Å²) in [5, 5.41) is 10.2. The first-order valence-corrected chi connectivity index (χ1v) is 14.2. The third-order valence-electron chi connectivity index (χ3n) is 7.41. The van der Waals surface area contributed by atoms with Crippen LogP contribution < -0.4 is 38.0 Å². The van der Waals surface area contributed by atoms with Crippen LogP contribution in [0.3, 0.4) is 0 Å². The minimum atomic E-state index is -0.889. The third kappa shape index (κ3) is 7.01. The zero-order chi connectivity index (χ0) is 32.8. The van der Waals surface area contributed by atoms with Gasteiger partial charge in [0.15, 0.2) is 6.61 Å². The molecule has 1 unspecified atom stereocenters. The van der Waals surface area contributed by atoms with Crippen LogP contribution in [0.5, 0.6) is 5.75 Å². The van der Waals surface area contributed by atoms with Gasteiger partial charge in [-0.25, -0.2) is 9.59 Å². The van der Waals surface area contributed by atoms with E-state index in [9.17, 15) is 24.0 Å². The van der Waals surface area contributed by atoms with Crippen LogP contribution in [0.1, 0.15) is 12.0 Å². The van der Waals surface area contributed by atoms with Crippen LogP contribution in [0.2, 0.25) is 0 Å². The van der Waals surface area contributed by atoms with Gasteiger partial charge in [0.05, 0.1) is 35.5 Å². The third-order valence-corrected chi connectivity index (χ3v) is 7.41. The number of nitrogens with one attached hydrogen (secondary N) is 4. The molecule has 242 valence electrons. The molecule has 1 aliphatic rings. The number of aryl methyl sites for hydroxylation is 1. The summed E-state index contributed by atoms with van der Waals surface area (Å²) in [5.41, 5.74) is 14.7. The SMILES string of the molecule is Cn1c(=O)oc(=O)c2ccc(OCC(=O)N3CC(N=[N+]=[N-])C[C@H]3C(=O)NCCOCCNCc3c[nH]c4nc(N)[nH]c(=O)c34)cc21. The summed E-state index contributed by atoms with van der Waals surface area (Å²) in [6.07, 6.45) is 1.82. The molecule has 0 spiro atoms. The summed E-state index contributed by atoms with van der Waals surface area (Å²) >= 11 is 0. The van der Waals surface area contributed by atoms with Gasteiger partial charge in [-0.1, -0.05) is 5.11 Å². The lowest BCUT2D eigenvalue weighted by Crippen LogP contribution is -2.48. The van der Waals surface area contributed by atoms with Crippen LogP contribution in [-0.2, 0) is 27.9 Å². The van der Waals surface area contributed by atoms with Crippen molar-refractivity contribution in [1.82, 2.24) is 35.1 Å². The van der Waals surface area contributed by atoms with E-state index in [1.165, 1.54) is 30.1 Å². The fourth-order valence-electron chi connectivity index (χ4n) is 5.17. The molecule has 19 heteroatoms. The van der Waals surface area contributed by atoms with E-state index in [1.54, 1.807) is 6.20 Å². The molecule has 6 N–H and O–H groups in total. The van der Waals surface area contributed by atoms with Crippen molar-refractivity contribution in [3.8, 4) is 5.75 Å². The number of hydrogen-bond acceptors (Lipinski definition) is 12. The monoisotopic (exact) mass is 637 g/mol. The van der Waals surface area contributed by atoms with Crippen LogP contribution in [-0.4, -0.2) is 87.8 Å². The van der Waals surface area contributed by atoms with Gasteiger partial charge in [-0.2, -0.15) is 4.98 Å². The van der Waals surface area contributed by atoms with Crippen LogP contribution in [0.25, 0.3) is 32.4 Å². The maximum Gasteiger partial charge on any atom is 0.422 e. The van der Waals surface area contributed by atoms with Crippen molar-refractivity contribution in [1.29, 1.82) is 0 Å². The van der Waals surface area contributed by atoms with E-state index in [0.29, 0.717) is 30.7 Å². The Morgan fingerprint density at radius 2 is 2.07 bits per heavy atom. The average Bonchev–Trinajstić information content (AvgIpc) is 3.64. The Morgan fingerprint density at radius 3 is 2.87 bits per heavy atom. The Morgan fingerprint density at radius 1 is 1.26 bits per heavy atom. The van der Waals surface area contributed by atoms with E-state index in [-0.39, 0.29) is 54.3 Å². The number of fused-ring (bicyclic) bond motifs is 2. The Kier molecular flexibility index (Phi) is 9.65. The molecule has 1 aliphatic heterocycles. The maximum absolute atomic E-state index is 13.1. The molecule has 1 saturated heterocycles. The molecular weight excluding hydrogens is 606 g/mol. The molecule has 19 nitrogen and oxygen atoms in total. The minimum Gasteiger partial charge on any atom is -0.484 e. The molecule has 0 radical (unpaired) electrons. The highest BCUT2D eigenvalue weighted by Gasteiger charge is 2.39. The van der Waals surface area contributed by atoms with Gasteiger partial charge < -0.3 is 40.1 Å². The number of carbonyl (C=O) groups excluding carboxylic acids is 2. The number of likely N-dealkylation sites (tertiary alicyclic amines) is 1. The van der Waals surface area contributed by atoms with E-state index in [2.05, 4.69) is 40.0 Å². The maximum atomic E-state index is 13.1. The lowest BCUT2D eigenvalue weighted by Gasteiger charge is -2.24. The molecule has 1 aromatic carbocycles. The predicted octanol–water partition coefficient (Wildman–Crippen LogP) is -0.780. The number of benzene rings is 1. The van der Waals surface area contributed by atoms with E-state index in [1.807, 2.05) is 0 Å². The molecule has 1 fully saturated rings. The first-order chi connectivity index (χ1) is 22.2. The number of azide groups is 1. The summed E-state index contributed by atoms with van der Waals surface area (Å²) < 4.78 is 17.0. The van der Waals surface area contributed by atoms with Crippen molar-refractivity contribution in [2.75, 3.05) is 45.2 Å². The van der Waals surface area contributed by atoms with Crippen molar-refractivity contribution in [2.24, 2.45) is 12.2 Å². The summed E-state index contributed by atoms with van der Waals surface area (Å²) in [6.45, 7) is 1.17. The lowest BCUT2D eigenvalue weighted by atomic mass is 10.1. The van der Waals surface area contributed by atoms with Crippen LogP contribution >= 0.6 is 0 Å². The predicted molar refractivity (Wildman–Crippen MR) is 163 cm³/mol. The molecule has 4 heterocycles. The zero-order valence-electron chi connectivity index (χ0n) is 24.6. The fourth-order valence-corrected chi connectivity index (χ4v) is 5.17. The first-order valence-electron chi connectivity index (χ1n) is 14.2. The second kappa shape index (κ2) is 14.0. The van der Waals surface area contributed by atoms with Crippen LogP contribution in [0.4, 0.5) is 5.95 Å². The highest BCUT2D eigenvalue weighted by Crippen LogP contribution is 2.22. The number of ether oxygens (including phenoxy) is 2.